The summed E-state index contributed by atoms with van der Waals surface area (Å²) in [5.41, 5.74) is 3.75. The Morgan fingerprint density at radius 3 is 2.59 bits per heavy atom. The Balaban J connectivity index is 1.84. The first kappa shape index (κ1) is 18.6. The largest absolute Gasteiger partial charge is 0.370 e. The molecule has 6 heteroatoms. The molecule has 2 aliphatic rings. The summed E-state index contributed by atoms with van der Waals surface area (Å²) >= 11 is 1.73. The molecule has 1 fully saturated rings. The number of ether oxygens (including phenoxy) is 1. The second-order valence-corrected chi connectivity index (χ2v) is 8.50. The van der Waals surface area contributed by atoms with Crippen molar-refractivity contribution in [3.63, 3.8) is 0 Å². The lowest BCUT2D eigenvalue weighted by Gasteiger charge is -2.33. The van der Waals surface area contributed by atoms with Crippen LogP contribution in [0.3, 0.4) is 0 Å². The third-order valence-corrected chi connectivity index (χ3v) is 6.76. The zero-order valence-corrected chi connectivity index (χ0v) is 16.5. The highest BCUT2D eigenvalue weighted by molar-refractivity contribution is 7.16. The van der Waals surface area contributed by atoms with Crippen LogP contribution in [-0.2, 0) is 22.4 Å². The van der Waals surface area contributed by atoms with Gasteiger partial charge in [0.25, 0.3) is 0 Å². The highest BCUT2D eigenvalue weighted by Gasteiger charge is 2.35. The maximum absolute atomic E-state index is 13.6. The summed E-state index contributed by atoms with van der Waals surface area (Å²) in [4.78, 5) is 14.7. The van der Waals surface area contributed by atoms with E-state index >= 15 is 0 Å². The van der Waals surface area contributed by atoms with E-state index in [2.05, 4.69) is 5.32 Å². The van der Waals surface area contributed by atoms with E-state index in [-0.39, 0.29) is 17.8 Å². The zero-order chi connectivity index (χ0) is 18.8. The molecule has 27 heavy (non-hydrogen) atoms. The number of morpholine rings is 1. The molecule has 2 heterocycles. The number of fused-ring (bicyclic) bond motifs is 1. The van der Waals surface area contributed by atoms with Crippen LogP contribution in [-0.4, -0.2) is 32.2 Å². The van der Waals surface area contributed by atoms with Crippen LogP contribution in [0.4, 0.5) is 9.39 Å². The molecule has 144 valence electrons. The van der Waals surface area contributed by atoms with Crippen LogP contribution >= 0.6 is 11.3 Å². The molecule has 0 radical (unpaired) electrons. The van der Waals surface area contributed by atoms with Gasteiger partial charge in [-0.3, -0.25) is 4.79 Å². The first-order valence-electron chi connectivity index (χ1n) is 9.73. The SMILES string of the molecule is CC(=O)Nc1sc2c(c1[C@@H](c1ccc(F)cc1)[NH+]1CCOCC1)CCCC2. The summed E-state index contributed by atoms with van der Waals surface area (Å²) in [6.07, 6.45) is 4.53. The average Bonchev–Trinajstić information content (AvgIpc) is 3.02. The molecule has 0 unspecified atom stereocenters. The van der Waals surface area contributed by atoms with E-state index in [1.54, 1.807) is 30.4 Å². The minimum atomic E-state index is -0.219. The van der Waals surface area contributed by atoms with E-state index in [9.17, 15) is 9.18 Å². The van der Waals surface area contributed by atoms with Gasteiger partial charge in [-0.2, -0.15) is 0 Å². The number of carbonyl (C=O) groups excluding carboxylic acids is 1. The van der Waals surface area contributed by atoms with Gasteiger partial charge < -0.3 is 15.0 Å². The Bertz CT molecular complexity index is 812. The van der Waals surface area contributed by atoms with Crippen molar-refractivity contribution in [3.05, 3.63) is 51.7 Å². The fourth-order valence-electron chi connectivity index (χ4n) is 4.33. The van der Waals surface area contributed by atoms with Gasteiger partial charge in [-0.05, 0) is 55.5 Å². The lowest BCUT2D eigenvalue weighted by atomic mass is 9.88. The monoisotopic (exact) mass is 389 g/mol. The minimum Gasteiger partial charge on any atom is -0.370 e. The normalized spacial score (nSPS) is 18.7. The molecule has 0 saturated carbocycles. The van der Waals surface area contributed by atoms with Gasteiger partial charge in [0.1, 0.15) is 29.9 Å². The van der Waals surface area contributed by atoms with Gasteiger partial charge in [-0.1, -0.05) is 0 Å². The number of hydrogen-bond donors (Lipinski definition) is 2. The van der Waals surface area contributed by atoms with E-state index in [1.807, 2.05) is 12.1 Å². The van der Waals surface area contributed by atoms with Gasteiger partial charge >= 0.3 is 0 Å². The van der Waals surface area contributed by atoms with E-state index in [1.165, 1.54) is 33.7 Å². The Kier molecular flexibility index (Phi) is 5.57. The standard InChI is InChI=1S/C21H25FN2O2S/c1-14(25)23-21-19(17-4-2-3-5-18(17)27-21)20(24-10-12-26-13-11-24)15-6-8-16(22)9-7-15/h6-9,20H,2-5,10-13H2,1H3,(H,23,25)/p+1/t20-/m1/s1. The molecule has 4 nitrogen and oxygen atoms in total. The molecule has 0 spiro atoms. The smallest absolute Gasteiger partial charge is 0.221 e. The molecule has 0 bridgehead atoms. The van der Waals surface area contributed by atoms with Crippen LogP contribution in [0, 0.1) is 5.82 Å². The number of aryl methyl sites for hydroxylation is 1. The third kappa shape index (κ3) is 3.93. The Morgan fingerprint density at radius 1 is 1.19 bits per heavy atom. The first-order chi connectivity index (χ1) is 13.1. The minimum absolute atomic E-state index is 0.0373. The second-order valence-electron chi connectivity index (χ2n) is 7.39. The fourth-order valence-corrected chi connectivity index (χ4v) is 5.71. The molecular weight excluding hydrogens is 363 g/mol. The van der Waals surface area contributed by atoms with Crippen molar-refractivity contribution in [3.8, 4) is 0 Å². The summed E-state index contributed by atoms with van der Waals surface area (Å²) in [6, 6.07) is 6.97. The molecule has 1 aliphatic heterocycles. The quantitative estimate of drug-likeness (QED) is 0.844. The Hall–Kier alpha value is -1.76. The molecule has 1 aromatic carbocycles. The Morgan fingerprint density at radius 2 is 1.89 bits per heavy atom. The van der Waals surface area contributed by atoms with Crippen LogP contribution in [0.1, 0.15) is 47.4 Å². The van der Waals surface area contributed by atoms with Crippen molar-refractivity contribution in [1.82, 2.24) is 0 Å². The van der Waals surface area contributed by atoms with Crippen molar-refractivity contribution < 1.29 is 18.8 Å². The van der Waals surface area contributed by atoms with Crippen molar-refractivity contribution in [2.75, 3.05) is 31.6 Å². The molecule has 1 aliphatic carbocycles. The van der Waals surface area contributed by atoms with Gasteiger partial charge in [0, 0.05) is 17.4 Å². The predicted octanol–water partition coefficient (Wildman–Crippen LogP) is 2.73. The van der Waals surface area contributed by atoms with Gasteiger partial charge in [0.15, 0.2) is 0 Å². The number of benzene rings is 1. The number of halogens is 1. The number of thiophene rings is 1. The van der Waals surface area contributed by atoms with Crippen LogP contribution < -0.4 is 10.2 Å². The van der Waals surface area contributed by atoms with Crippen LogP contribution in [0.25, 0.3) is 0 Å². The topological polar surface area (TPSA) is 42.8 Å². The van der Waals surface area contributed by atoms with Gasteiger partial charge in [-0.25, -0.2) is 4.39 Å². The van der Waals surface area contributed by atoms with E-state index < -0.39 is 0 Å². The van der Waals surface area contributed by atoms with Crippen molar-refractivity contribution in [2.24, 2.45) is 0 Å². The molecule has 1 aromatic heterocycles. The molecule has 1 atom stereocenters. The maximum atomic E-state index is 13.6. The van der Waals surface area contributed by atoms with Gasteiger partial charge in [-0.15, -0.1) is 11.3 Å². The summed E-state index contributed by atoms with van der Waals surface area (Å²) in [5.74, 6) is -0.256. The van der Waals surface area contributed by atoms with Crippen molar-refractivity contribution in [1.29, 1.82) is 0 Å². The van der Waals surface area contributed by atoms with E-state index in [4.69, 9.17) is 4.74 Å². The first-order valence-corrected chi connectivity index (χ1v) is 10.5. The molecule has 1 amide bonds. The summed E-state index contributed by atoms with van der Waals surface area (Å²) in [6.45, 7) is 4.85. The number of nitrogens with one attached hydrogen (secondary N) is 2. The predicted molar refractivity (Wildman–Crippen MR) is 105 cm³/mol. The molecule has 2 aromatic rings. The summed E-state index contributed by atoms with van der Waals surface area (Å²) in [5, 5.41) is 4.07. The van der Waals surface area contributed by atoms with Crippen molar-refractivity contribution in [2.45, 2.75) is 38.6 Å². The van der Waals surface area contributed by atoms with Crippen LogP contribution in [0.5, 0.6) is 0 Å². The van der Waals surface area contributed by atoms with E-state index in [0.29, 0.717) is 0 Å². The van der Waals surface area contributed by atoms with Crippen LogP contribution in [0.15, 0.2) is 24.3 Å². The summed E-state index contributed by atoms with van der Waals surface area (Å²) < 4.78 is 19.2. The fraction of sp³-hybridized carbons (Fsp3) is 0.476. The molecule has 4 rings (SSSR count). The number of anilines is 1. The number of quaternary nitrogens is 1. The number of rotatable bonds is 4. The number of hydrogen-bond acceptors (Lipinski definition) is 3. The van der Waals surface area contributed by atoms with Crippen LogP contribution in [0.2, 0.25) is 0 Å². The maximum Gasteiger partial charge on any atom is 0.221 e. The van der Waals surface area contributed by atoms with Gasteiger partial charge in [0.2, 0.25) is 5.91 Å². The number of carbonyl (C=O) groups is 1. The average molecular weight is 390 g/mol. The highest BCUT2D eigenvalue weighted by Crippen LogP contribution is 2.42. The van der Waals surface area contributed by atoms with Gasteiger partial charge in [0.05, 0.1) is 18.8 Å². The second kappa shape index (κ2) is 8.09. The Labute approximate surface area is 163 Å². The lowest BCUT2D eigenvalue weighted by molar-refractivity contribution is -0.933. The molecule has 2 N–H and O–H groups in total. The van der Waals surface area contributed by atoms with E-state index in [0.717, 1.165) is 49.7 Å². The number of amides is 1. The highest BCUT2D eigenvalue weighted by atomic mass is 32.1. The lowest BCUT2D eigenvalue weighted by Crippen LogP contribution is -3.14. The molecule has 1 saturated heterocycles. The zero-order valence-electron chi connectivity index (χ0n) is 15.6. The van der Waals surface area contributed by atoms with Crippen molar-refractivity contribution >= 4 is 22.2 Å². The molecular formula is C21H26FN2O2S+. The third-order valence-electron chi connectivity index (χ3n) is 5.54. The summed E-state index contributed by atoms with van der Waals surface area (Å²) in [7, 11) is 0.